The number of nitrogens with zero attached hydrogens (tertiary/aromatic N) is 2. The van der Waals surface area contributed by atoms with Crippen LogP contribution in [0.4, 0.5) is 0 Å². The molecule has 0 unspecified atom stereocenters. The lowest BCUT2D eigenvalue weighted by atomic mass is 10.1. The molecule has 196 valence electrons. The van der Waals surface area contributed by atoms with Crippen molar-refractivity contribution in [2.24, 2.45) is 0 Å². The summed E-state index contributed by atoms with van der Waals surface area (Å²) in [4.78, 5) is 9.51. The highest BCUT2D eigenvalue weighted by Gasteiger charge is 2.18. The van der Waals surface area contributed by atoms with Crippen molar-refractivity contribution in [1.29, 1.82) is 0 Å². The lowest BCUT2D eigenvalue weighted by molar-refractivity contribution is 0.560. The van der Waals surface area contributed by atoms with E-state index in [-0.39, 0.29) is 0 Å². The molecule has 6 heteroatoms. The molecule has 0 radical (unpaired) electrons. The molecule has 10 aromatic rings. The van der Waals surface area contributed by atoms with Crippen LogP contribution < -0.4 is 0 Å². The highest BCUT2D eigenvalue weighted by atomic mass is 16.4. The maximum atomic E-state index is 6.18. The molecule has 0 bridgehead atoms. The molecule has 4 aromatic heterocycles. The quantitative estimate of drug-likeness (QED) is 0.216. The number of aromatic nitrogens is 2. The first kappa shape index (κ1) is 21.9. The van der Waals surface area contributed by atoms with E-state index in [2.05, 4.69) is 48.5 Å². The number of hydrogen-bond acceptors (Lipinski definition) is 6. The van der Waals surface area contributed by atoms with E-state index in [4.69, 9.17) is 27.6 Å². The van der Waals surface area contributed by atoms with Gasteiger partial charge in [0, 0.05) is 10.8 Å². The van der Waals surface area contributed by atoms with Crippen molar-refractivity contribution in [3.8, 4) is 23.3 Å². The minimum atomic E-state index is 0.446. The van der Waals surface area contributed by atoms with Crippen molar-refractivity contribution in [2.45, 2.75) is 0 Å². The van der Waals surface area contributed by atoms with Crippen molar-refractivity contribution < 1.29 is 17.7 Å². The normalized spacial score (nSPS) is 12.3. The average molecular weight is 543 g/mol. The van der Waals surface area contributed by atoms with Crippen LogP contribution in [0.5, 0.6) is 0 Å². The molecular formula is C36H18N2O4. The van der Waals surface area contributed by atoms with E-state index >= 15 is 0 Å². The van der Waals surface area contributed by atoms with Crippen LogP contribution in [0.1, 0.15) is 0 Å². The van der Waals surface area contributed by atoms with E-state index in [1.54, 1.807) is 0 Å². The Morgan fingerprint density at radius 1 is 0.333 bits per heavy atom. The summed E-state index contributed by atoms with van der Waals surface area (Å²) >= 11 is 0. The standard InChI is InChI=1S/C36H18N2O4/c1-3-7-21-13-29-25(9-19(21)5-1)17-33(39-29)35-37-27-11-23-16-32-28(12-24(23)15-31(27)41-35)38-36(42-32)34-18-26-10-20-6-2-4-8-22(20)14-30(26)40-34/h1-18H. The molecule has 0 aliphatic carbocycles. The highest BCUT2D eigenvalue weighted by molar-refractivity contribution is 6.02. The van der Waals surface area contributed by atoms with E-state index in [1.165, 1.54) is 0 Å². The minimum Gasteiger partial charge on any atom is -0.451 e. The molecule has 0 N–H and O–H groups in total. The summed E-state index contributed by atoms with van der Waals surface area (Å²) in [5.74, 6) is 2.09. The maximum Gasteiger partial charge on any atom is 0.263 e. The fourth-order valence-electron chi connectivity index (χ4n) is 5.97. The number of hydrogen-bond donors (Lipinski definition) is 0. The second-order valence-electron chi connectivity index (χ2n) is 10.7. The molecule has 6 aromatic carbocycles. The maximum absolute atomic E-state index is 6.18. The number of fused-ring (bicyclic) bond motifs is 7. The van der Waals surface area contributed by atoms with Crippen LogP contribution in [0, 0.1) is 0 Å². The third kappa shape index (κ3) is 3.20. The van der Waals surface area contributed by atoms with Crippen molar-refractivity contribution >= 4 is 76.5 Å². The van der Waals surface area contributed by atoms with Gasteiger partial charge in [-0.3, -0.25) is 0 Å². The molecule has 0 amide bonds. The van der Waals surface area contributed by atoms with Crippen LogP contribution >= 0.6 is 0 Å². The Morgan fingerprint density at radius 2 is 0.738 bits per heavy atom. The SMILES string of the molecule is c1ccc2cc3oc(-c4nc5cc6cc7oc(-c8cc9cc%10ccccc%10cc9o8)nc7cc6cc5o4)cc3cc2c1. The highest BCUT2D eigenvalue weighted by Crippen LogP contribution is 2.36. The van der Waals surface area contributed by atoms with Crippen molar-refractivity contribution in [3.63, 3.8) is 0 Å². The van der Waals surface area contributed by atoms with Crippen LogP contribution in [0.3, 0.4) is 0 Å². The molecule has 10 rings (SSSR count). The zero-order chi connectivity index (χ0) is 27.4. The zero-order valence-electron chi connectivity index (χ0n) is 21.9. The molecule has 4 heterocycles. The Labute approximate surface area is 236 Å². The predicted octanol–water partition coefficient (Wildman–Crippen LogP) is 10.3. The van der Waals surface area contributed by atoms with Gasteiger partial charge in [-0.15, -0.1) is 0 Å². The summed E-state index contributed by atoms with van der Waals surface area (Å²) in [6.45, 7) is 0. The summed E-state index contributed by atoms with van der Waals surface area (Å²) < 4.78 is 24.7. The van der Waals surface area contributed by atoms with Gasteiger partial charge in [-0.05, 0) is 93.0 Å². The van der Waals surface area contributed by atoms with Gasteiger partial charge in [0.05, 0.1) is 0 Å². The molecule has 6 nitrogen and oxygen atoms in total. The fourth-order valence-corrected chi connectivity index (χ4v) is 5.97. The molecule has 0 saturated carbocycles. The first-order valence-corrected chi connectivity index (χ1v) is 13.7. The minimum absolute atomic E-state index is 0.446. The van der Waals surface area contributed by atoms with Crippen molar-refractivity contribution in [2.75, 3.05) is 0 Å². The average Bonchev–Trinajstić information content (AvgIpc) is 3.79. The van der Waals surface area contributed by atoms with Gasteiger partial charge in [-0.25, -0.2) is 9.97 Å². The van der Waals surface area contributed by atoms with Crippen LogP contribution in [0.2, 0.25) is 0 Å². The van der Waals surface area contributed by atoms with Crippen LogP contribution in [0.15, 0.2) is 127 Å². The van der Waals surface area contributed by atoms with Gasteiger partial charge in [-0.1, -0.05) is 48.5 Å². The van der Waals surface area contributed by atoms with E-state index in [0.29, 0.717) is 34.5 Å². The van der Waals surface area contributed by atoms with Gasteiger partial charge in [0.1, 0.15) is 22.2 Å². The second kappa shape index (κ2) is 7.86. The van der Waals surface area contributed by atoms with Gasteiger partial charge in [0.2, 0.25) is 0 Å². The Bertz CT molecular complexity index is 2340. The molecule has 42 heavy (non-hydrogen) atoms. The van der Waals surface area contributed by atoms with Crippen LogP contribution in [-0.4, -0.2) is 9.97 Å². The summed E-state index contributed by atoms with van der Waals surface area (Å²) in [5, 5.41) is 8.56. The predicted molar refractivity (Wildman–Crippen MR) is 165 cm³/mol. The molecule has 0 fully saturated rings. The van der Waals surface area contributed by atoms with E-state index in [0.717, 1.165) is 65.3 Å². The second-order valence-corrected chi connectivity index (χ2v) is 10.7. The zero-order valence-corrected chi connectivity index (χ0v) is 21.9. The topological polar surface area (TPSA) is 78.3 Å². The lowest BCUT2D eigenvalue weighted by Crippen LogP contribution is -1.76. The number of oxazole rings is 2. The van der Waals surface area contributed by atoms with Gasteiger partial charge in [-0.2, -0.15) is 0 Å². The van der Waals surface area contributed by atoms with Gasteiger partial charge < -0.3 is 17.7 Å². The Morgan fingerprint density at radius 3 is 1.19 bits per heavy atom. The Kier molecular flexibility index (Phi) is 4.10. The van der Waals surface area contributed by atoms with E-state index in [9.17, 15) is 0 Å². The molecule has 0 aliphatic rings. The van der Waals surface area contributed by atoms with E-state index in [1.807, 2.05) is 60.7 Å². The largest absolute Gasteiger partial charge is 0.451 e. The third-order valence-corrected chi connectivity index (χ3v) is 8.04. The third-order valence-electron chi connectivity index (χ3n) is 8.04. The Balaban J connectivity index is 1.06. The van der Waals surface area contributed by atoms with Gasteiger partial charge in [0.25, 0.3) is 11.8 Å². The Hall–Kier alpha value is -5.88. The molecule has 0 aliphatic heterocycles. The molecular weight excluding hydrogens is 524 g/mol. The molecule has 0 spiro atoms. The monoisotopic (exact) mass is 542 g/mol. The number of furan rings is 2. The van der Waals surface area contributed by atoms with E-state index < -0.39 is 0 Å². The van der Waals surface area contributed by atoms with Crippen LogP contribution in [0.25, 0.3) is 99.8 Å². The van der Waals surface area contributed by atoms with Crippen molar-refractivity contribution in [1.82, 2.24) is 9.97 Å². The summed E-state index contributed by atoms with van der Waals surface area (Å²) in [7, 11) is 0. The lowest BCUT2D eigenvalue weighted by Gasteiger charge is -1.96. The van der Waals surface area contributed by atoms with Gasteiger partial charge in [0.15, 0.2) is 22.7 Å². The fraction of sp³-hybridized carbons (Fsp3) is 0. The van der Waals surface area contributed by atoms with Gasteiger partial charge >= 0.3 is 0 Å². The first-order valence-electron chi connectivity index (χ1n) is 13.7. The molecule has 0 atom stereocenters. The van der Waals surface area contributed by atoms with Crippen molar-refractivity contribution in [3.05, 3.63) is 109 Å². The summed E-state index contributed by atoms with van der Waals surface area (Å²) in [5.41, 5.74) is 4.44. The number of benzene rings is 6. The van der Waals surface area contributed by atoms with Crippen LogP contribution in [-0.2, 0) is 0 Å². The summed E-state index contributed by atoms with van der Waals surface area (Å²) in [6, 6.07) is 36.7. The molecule has 0 saturated heterocycles. The summed E-state index contributed by atoms with van der Waals surface area (Å²) in [6.07, 6.45) is 0. The number of rotatable bonds is 2. The smallest absolute Gasteiger partial charge is 0.263 e. The first-order chi connectivity index (χ1) is 20.7.